The molecule has 0 saturated carbocycles. The number of carbonyl (C=O) groups excluding carboxylic acids is 2. The summed E-state index contributed by atoms with van der Waals surface area (Å²) in [7, 11) is 0. The molecule has 0 radical (unpaired) electrons. The van der Waals surface area contributed by atoms with Gasteiger partial charge in [0.05, 0.1) is 11.5 Å². The van der Waals surface area contributed by atoms with Gasteiger partial charge in [0, 0.05) is 10.6 Å². The van der Waals surface area contributed by atoms with Gasteiger partial charge in [0.15, 0.2) is 6.61 Å². The lowest BCUT2D eigenvalue weighted by molar-refractivity contribution is -0.120. The number of hydrogen-bond donors (Lipinski definition) is 2. The summed E-state index contributed by atoms with van der Waals surface area (Å²) in [6.45, 7) is 1.64. The largest absolute Gasteiger partial charge is 0.484 e. The van der Waals surface area contributed by atoms with Crippen LogP contribution in [0.5, 0.6) is 5.75 Å². The molecule has 0 heterocycles. The summed E-state index contributed by atoms with van der Waals surface area (Å²) >= 11 is 1.46. The SMILES string of the molecule is C[C@@H](Sc1ccccc1)C(=O)N/N=C\c1ccc(OCC(=O)Nc2ccc(F)cc2)cc1. The molecule has 0 aliphatic carbocycles. The zero-order valence-electron chi connectivity index (χ0n) is 17.3. The Hall–Kier alpha value is -3.65. The summed E-state index contributed by atoms with van der Waals surface area (Å²) in [6, 6.07) is 22.1. The van der Waals surface area contributed by atoms with Crippen LogP contribution in [0, 0.1) is 5.82 Å². The number of thioether (sulfide) groups is 1. The van der Waals surface area contributed by atoms with E-state index in [1.54, 1.807) is 24.3 Å². The predicted octanol–water partition coefficient (Wildman–Crippen LogP) is 4.47. The molecule has 3 rings (SSSR count). The van der Waals surface area contributed by atoms with Gasteiger partial charge in [0.25, 0.3) is 11.8 Å². The van der Waals surface area contributed by atoms with Gasteiger partial charge >= 0.3 is 0 Å². The summed E-state index contributed by atoms with van der Waals surface area (Å²) in [5, 5.41) is 6.33. The summed E-state index contributed by atoms with van der Waals surface area (Å²) < 4.78 is 18.3. The number of nitrogens with one attached hydrogen (secondary N) is 2. The van der Waals surface area contributed by atoms with Gasteiger partial charge in [-0.25, -0.2) is 9.82 Å². The molecule has 2 amide bonds. The highest BCUT2D eigenvalue weighted by atomic mass is 32.2. The standard InChI is InChI=1S/C24H22FN3O3S/c1-17(32-22-5-3-2-4-6-22)24(30)28-26-15-18-7-13-21(14-8-18)31-16-23(29)27-20-11-9-19(25)10-12-20/h2-15,17H,16H2,1H3,(H,27,29)(H,28,30)/b26-15-/t17-/m1/s1. The van der Waals surface area contributed by atoms with Gasteiger partial charge in [-0.1, -0.05) is 18.2 Å². The first-order valence-corrected chi connectivity index (χ1v) is 10.7. The third kappa shape index (κ3) is 7.55. The smallest absolute Gasteiger partial charge is 0.262 e. The molecule has 3 aromatic carbocycles. The van der Waals surface area contributed by atoms with E-state index in [1.807, 2.05) is 37.3 Å². The number of hydrazone groups is 1. The fraction of sp³-hybridized carbons (Fsp3) is 0.125. The zero-order chi connectivity index (χ0) is 22.8. The van der Waals surface area contributed by atoms with E-state index in [1.165, 1.54) is 42.2 Å². The minimum absolute atomic E-state index is 0.183. The van der Waals surface area contributed by atoms with Crippen molar-refractivity contribution in [3.8, 4) is 5.75 Å². The van der Waals surface area contributed by atoms with E-state index >= 15 is 0 Å². The van der Waals surface area contributed by atoms with Gasteiger partial charge in [-0.2, -0.15) is 5.10 Å². The van der Waals surface area contributed by atoms with Gasteiger partial charge in [0.2, 0.25) is 0 Å². The number of hydrogen-bond acceptors (Lipinski definition) is 5. The van der Waals surface area contributed by atoms with E-state index in [9.17, 15) is 14.0 Å². The molecule has 1 atom stereocenters. The van der Waals surface area contributed by atoms with Crippen molar-refractivity contribution in [3.63, 3.8) is 0 Å². The van der Waals surface area contributed by atoms with Crippen LogP contribution in [0.1, 0.15) is 12.5 Å². The van der Waals surface area contributed by atoms with Crippen molar-refractivity contribution in [2.75, 3.05) is 11.9 Å². The Morgan fingerprint density at radius 1 is 1.03 bits per heavy atom. The number of carbonyl (C=O) groups is 2. The molecule has 164 valence electrons. The van der Waals surface area contributed by atoms with Crippen LogP contribution in [0.15, 0.2) is 88.9 Å². The first kappa shape index (κ1) is 23.0. The van der Waals surface area contributed by atoms with Crippen LogP contribution in [-0.2, 0) is 9.59 Å². The molecule has 0 aliphatic rings. The quantitative estimate of drug-likeness (QED) is 0.286. The molecule has 0 aliphatic heterocycles. The second-order valence-corrected chi connectivity index (χ2v) is 8.13. The highest BCUT2D eigenvalue weighted by Crippen LogP contribution is 2.22. The summed E-state index contributed by atoms with van der Waals surface area (Å²) in [4.78, 5) is 25.1. The van der Waals surface area contributed by atoms with Gasteiger partial charge in [-0.3, -0.25) is 9.59 Å². The van der Waals surface area contributed by atoms with E-state index in [4.69, 9.17) is 4.74 Å². The van der Waals surface area contributed by atoms with Gasteiger partial charge in [-0.15, -0.1) is 11.8 Å². The van der Waals surface area contributed by atoms with E-state index < -0.39 is 0 Å². The maximum absolute atomic E-state index is 12.9. The molecule has 0 spiro atoms. The predicted molar refractivity (Wildman–Crippen MR) is 124 cm³/mol. The molecule has 0 fully saturated rings. The maximum atomic E-state index is 12.9. The van der Waals surface area contributed by atoms with Crippen molar-refractivity contribution < 1.29 is 18.7 Å². The second kappa shape index (κ2) is 11.7. The Kier molecular flexibility index (Phi) is 8.39. The van der Waals surface area contributed by atoms with E-state index in [2.05, 4.69) is 15.8 Å². The average molecular weight is 452 g/mol. The Labute approximate surface area is 189 Å². The second-order valence-electron chi connectivity index (χ2n) is 6.72. The fourth-order valence-electron chi connectivity index (χ4n) is 2.55. The Morgan fingerprint density at radius 2 is 1.72 bits per heavy atom. The van der Waals surface area contributed by atoms with Crippen LogP contribution in [-0.4, -0.2) is 29.9 Å². The number of benzene rings is 3. The molecule has 6 nitrogen and oxygen atoms in total. The Bertz CT molecular complexity index is 1060. The summed E-state index contributed by atoms with van der Waals surface area (Å²) in [6.07, 6.45) is 1.53. The Morgan fingerprint density at radius 3 is 2.41 bits per heavy atom. The average Bonchev–Trinajstić information content (AvgIpc) is 2.80. The lowest BCUT2D eigenvalue weighted by Gasteiger charge is -2.09. The van der Waals surface area contributed by atoms with Gasteiger partial charge in [0.1, 0.15) is 11.6 Å². The molecular weight excluding hydrogens is 429 g/mol. The molecule has 0 unspecified atom stereocenters. The van der Waals surface area contributed by atoms with Crippen LogP contribution in [0.25, 0.3) is 0 Å². The normalized spacial score (nSPS) is 11.7. The fourth-order valence-corrected chi connectivity index (χ4v) is 3.43. The van der Waals surface area contributed by atoms with Gasteiger partial charge < -0.3 is 10.1 Å². The van der Waals surface area contributed by atoms with Crippen molar-refractivity contribution in [2.45, 2.75) is 17.1 Å². The number of halogens is 1. The topological polar surface area (TPSA) is 79.8 Å². The third-order valence-electron chi connectivity index (χ3n) is 4.19. The number of nitrogens with zero attached hydrogens (tertiary/aromatic N) is 1. The van der Waals surface area contributed by atoms with Crippen LogP contribution in [0.2, 0.25) is 0 Å². The molecule has 8 heteroatoms. The van der Waals surface area contributed by atoms with Gasteiger partial charge in [-0.05, 0) is 73.2 Å². The lowest BCUT2D eigenvalue weighted by atomic mass is 10.2. The highest BCUT2D eigenvalue weighted by Gasteiger charge is 2.13. The monoisotopic (exact) mass is 451 g/mol. The molecular formula is C24H22FN3O3S. The molecule has 0 bridgehead atoms. The summed E-state index contributed by atoms with van der Waals surface area (Å²) in [5.74, 6) is -0.411. The highest BCUT2D eigenvalue weighted by molar-refractivity contribution is 8.00. The first-order valence-electron chi connectivity index (χ1n) is 9.82. The molecule has 0 aromatic heterocycles. The molecule has 2 N–H and O–H groups in total. The van der Waals surface area contributed by atoms with Crippen LogP contribution in [0.3, 0.4) is 0 Å². The van der Waals surface area contributed by atoms with Crippen molar-refractivity contribution in [3.05, 3.63) is 90.2 Å². The number of anilines is 1. The molecule has 3 aromatic rings. The number of rotatable bonds is 9. The summed E-state index contributed by atoms with van der Waals surface area (Å²) in [5.41, 5.74) is 3.79. The minimum Gasteiger partial charge on any atom is -0.484 e. The maximum Gasteiger partial charge on any atom is 0.262 e. The molecule has 32 heavy (non-hydrogen) atoms. The zero-order valence-corrected chi connectivity index (χ0v) is 18.1. The van der Waals surface area contributed by atoms with Crippen molar-refractivity contribution >= 4 is 35.5 Å². The third-order valence-corrected chi connectivity index (χ3v) is 5.30. The van der Waals surface area contributed by atoms with Crippen molar-refractivity contribution in [2.24, 2.45) is 5.10 Å². The molecule has 0 saturated heterocycles. The van der Waals surface area contributed by atoms with Crippen LogP contribution < -0.4 is 15.5 Å². The van der Waals surface area contributed by atoms with E-state index in [-0.39, 0.29) is 29.5 Å². The first-order chi connectivity index (χ1) is 15.5. The van der Waals surface area contributed by atoms with E-state index in [0.717, 1.165) is 10.5 Å². The van der Waals surface area contributed by atoms with Crippen molar-refractivity contribution in [1.29, 1.82) is 0 Å². The van der Waals surface area contributed by atoms with Crippen molar-refractivity contribution in [1.82, 2.24) is 5.43 Å². The lowest BCUT2D eigenvalue weighted by Crippen LogP contribution is -2.26. The number of ether oxygens (including phenoxy) is 1. The van der Waals surface area contributed by atoms with E-state index in [0.29, 0.717) is 11.4 Å². The van der Waals surface area contributed by atoms with Crippen LogP contribution >= 0.6 is 11.8 Å². The number of amides is 2. The van der Waals surface area contributed by atoms with Crippen LogP contribution in [0.4, 0.5) is 10.1 Å². The minimum atomic E-state index is -0.372. The Balaban J connectivity index is 1.41.